The lowest BCUT2D eigenvalue weighted by Gasteiger charge is -2.25. The maximum absolute atomic E-state index is 6.03. The molecule has 4 nitrogen and oxygen atoms in total. The van der Waals surface area contributed by atoms with Crippen molar-refractivity contribution in [1.82, 2.24) is 0 Å². The zero-order valence-electron chi connectivity index (χ0n) is 27.3. The lowest BCUT2D eigenvalue weighted by molar-refractivity contribution is -0.0105. The van der Waals surface area contributed by atoms with Crippen molar-refractivity contribution in [2.75, 3.05) is 27.4 Å². The Hall–Kier alpha value is 0.0569. The first-order chi connectivity index (χ1) is 19.2. The predicted molar refractivity (Wildman–Crippen MR) is 172 cm³/mol. The highest BCUT2D eigenvalue weighted by Gasteiger charge is 2.43. The Morgan fingerprint density at radius 3 is 0.718 bits per heavy atom. The molecular formula is C34H72O4Si. The molecule has 0 aliphatic heterocycles. The fourth-order valence-corrected chi connectivity index (χ4v) is 6.86. The third kappa shape index (κ3) is 28.0. The van der Waals surface area contributed by atoms with Crippen LogP contribution in [0.4, 0.5) is 0 Å². The summed E-state index contributed by atoms with van der Waals surface area (Å²) in [5.41, 5.74) is 0. The van der Waals surface area contributed by atoms with E-state index in [0.29, 0.717) is 13.2 Å². The molecule has 0 atom stereocenters. The van der Waals surface area contributed by atoms with E-state index in [1.54, 1.807) is 14.2 Å². The largest absolute Gasteiger partial charge is 0.679 e. The summed E-state index contributed by atoms with van der Waals surface area (Å²) in [7, 11) is 0.364. The lowest BCUT2D eigenvalue weighted by atomic mass is 10.0. The van der Waals surface area contributed by atoms with Crippen molar-refractivity contribution in [2.24, 2.45) is 0 Å². The highest BCUT2D eigenvalue weighted by Crippen LogP contribution is 2.16. The summed E-state index contributed by atoms with van der Waals surface area (Å²) in [5.74, 6) is 0. The maximum Gasteiger partial charge on any atom is 0.679 e. The molecule has 0 N–H and O–H groups in total. The fraction of sp³-hybridized carbons (Fsp3) is 1.00. The zero-order valence-corrected chi connectivity index (χ0v) is 28.3. The van der Waals surface area contributed by atoms with E-state index in [2.05, 4.69) is 13.8 Å². The quantitative estimate of drug-likeness (QED) is 0.0567. The van der Waals surface area contributed by atoms with E-state index in [4.69, 9.17) is 17.7 Å². The van der Waals surface area contributed by atoms with Gasteiger partial charge in [-0.1, -0.05) is 181 Å². The molecule has 0 amide bonds. The summed E-state index contributed by atoms with van der Waals surface area (Å²) in [5, 5.41) is 0. The molecule has 0 aliphatic carbocycles. The van der Waals surface area contributed by atoms with Crippen LogP contribution in [0.1, 0.15) is 194 Å². The van der Waals surface area contributed by atoms with Gasteiger partial charge < -0.3 is 17.7 Å². The molecule has 39 heavy (non-hydrogen) atoms. The van der Waals surface area contributed by atoms with Gasteiger partial charge in [0.1, 0.15) is 0 Å². The third-order valence-corrected chi connectivity index (χ3v) is 10.2. The van der Waals surface area contributed by atoms with Gasteiger partial charge in [-0.15, -0.1) is 0 Å². The summed E-state index contributed by atoms with van der Waals surface area (Å²) in [6.07, 6.45) is 38.2. The molecule has 0 rings (SSSR count). The van der Waals surface area contributed by atoms with Gasteiger partial charge >= 0.3 is 9.05 Å². The summed E-state index contributed by atoms with van der Waals surface area (Å²) in [6.45, 7) is 5.92. The highest BCUT2D eigenvalue weighted by atomic mass is 28.4. The molecule has 0 aromatic rings. The Kier molecular flexibility index (Phi) is 32.6. The van der Waals surface area contributed by atoms with Crippen molar-refractivity contribution in [3.05, 3.63) is 0 Å². The summed E-state index contributed by atoms with van der Waals surface area (Å²) < 4.78 is 23.2. The van der Waals surface area contributed by atoms with Crippen LogP contribution < -0.4 is 0 Å². The molecule has 0 fully saturated rings. The van der Waals surface area contributed by atoms with Gasteiger partial charge in [-0.25, -0.2) is 0 Å². The van der Waals surface area contributed by atoms with Crippen LogP contribution in [0.3, 0.4) is 0 Å². The second kappa shape index (κ2) is 32.6. The minimum atomic E-state index is -2.95. The Morgan fingerprint density at radius 1 is 0.308 bits per heavy atom. The van der Waals surface area contributed by atoms with Crippen LogP contribution in [0.15, 0.2) is 0 Å². The Labute approximate surface area is 247 Å². The topological polar surface area (TPSA) is 36.9 Å². The molecule has 0 unspecified atom stereocenters. The molecule has 0 aromatic heterocycles. The molecule has 0 heterocycles. The van der Waals surface area contributed by atoms with Crippen LogP contribution in [0, 0.1) is 0 Å². The van der Waals surface area contributed by atoms with E-state index in [1.807, 2.05) is 0 Å². The normalized spacial score (nSPS) is 12.0. The van der Waals surface area contributed by atoms with E-state index in [9.17, 15) is 0 Å². The standard InChI is InChI=1S/C34H72O4Si/c1-5-7-9-11-13-15-17-19-21-23-25-27-29-31-33-37-39(35-3,36-4)38-34-32-30-28-26-24-22-20-18-16-14-12-10-8-6-2/h5-34H2,1-4H3. The molecule has 0 aliphatic rings. The summed E-state index contributed by atoms with van der Waals surface area (Å²) >= 11 is 0. The molecule has 236 valence electrons. The minimum absolute atomic E-state index is 0.671. The van der Waals surface area contributed by atoms with Gasteiger partial charge in [-0.05, 0) is 12.8 Å². The number of rotatable bonds is 34. The highest BCUT2D eigenvalue weighted by molar-refractivity contribution is 6.53. The monoisotopic (exact) mass is 573 g/mol. The molecule has 0 radical (unpaired) electrons. The van der Waals surface area contributed by atoms with Crippen molar-refractivity contribution in [3.63, 3.8) is 0 Å². The van der Waals surface area contributed by atoms with E-state index < -0.39 is 9.05 Å². The second-order valence-corrected chi connectivity index (χ2v) is 14.2. The number of hydrogen-bond acceptors (Lipinski definition) is 4. The van der Waals surface area contributed by atoms with Gasteiger partial charge in [0.15, 0.2) is 0 Å². The number of hydrogen-bond donors (Lipinski definition) is 0. The van der Waals surface area contributed by atoms with Gasteiger partial charge in [-0.3, -0.25) is 0 Å². The van der Waals surface area contributed by atoms with Gasteiger partial charge in [0.05, 0.1) is 0 Å². The van der Waals surface area contributed by atoms with Crippen LogP contribution in [0.2, 0.25) is 0 Å². The Bertz CT molecular complexity index is 409. The van der Waals surface area contributed by atoms with Crippen molar-refractivity contribution in [3.8, 4) is 0 Å². The maximum atomic E-state index is 6.03. The first kappa shape index (κ1) is 39.1. The van der Waals surface area contributed by atoms with Gasteiger partial charge in [0.25, 0.3) is 0 Å². The number of unbranched alkanes of at least 4 members (excludes halogenated alkanes) is 26. The molecule has 0 aromatic carbocycles. The second-order valence-electron chi connectivity index (χ2n) is 11.8. The smallest absolute Gasteiger partial charge is 0.355 e. The SMILES string of the molecule is CCCCCCCCCCCCCCCCO[Si](OC)(OC)OCCCCCCCCCCCCCCCC. The average molecular weight is 573 g/mol. The first-order valence-electron chi connectivity index (χ1n) is 17.6. The van der Waals surface area contributed by atoms with Crippen LogP contribution in [0.25, 0.3) is 0 Å². The van der Waals surface area contributed by atoms with Crippen LogP contribution in [-0.2, 0) is 17.7 Å². The van der Waals surface area contributed by atoms with Crippen LogP contribution >= 0.6 is 0 Å². The molecule has 0 saturated carbocycles. The summed E-state index contributed by atoms with van der Waals surface area (Å²) in [6, 6.07) is 0. The molecule has 0 saturated heterocycles. The van der Waals surface area contributed by atoms with Crippen LogP contribution in [0.5, 0.6) is 0 Å². The Balaban J connectivity index is 3.52. The molecule has 5 heteroatoms. The predicted octanol–water partition coefficient (Wildman–Crippen LogP) is 11.7. The van der Waals surface area contributed by atoms with Crippen molar-refractivity contribution in [2.45, 2.75) is 194 Å². The fourth-order valence-electron chi connectivity index (χ4n) is 5.35. The van der Waals surface area contributed by atoms with Crippen LogP contribution in [-0.4, -0.2) is 36.5 Å². The van der Waals surface area contributed by atoms with E-state index >= 15 is 0 Å². The lowest BCUT2D eigenvalue weighted by Crippen LogP contribution is -2.47. The average Bonchev–Trinajstić information content (AvgIpc) is 2.96. The van der Waals surface area contributed by atoms with Gasteiger partial charge in [-0.2, -0.15) is 0 Å². The molecule has 0 bridgehead atoms. The third-order valence-electron chi connectivity index (χ3n) is 8.05. The van der Waals surface area contributed by atoms with Crippen molar-refractivity contribution < 1.29 is 17.7 Å². The first-order valence-corrected chi connectivity index (χ1v) is 19.3. The van der Waals surface area contributed by atoms with Gasteiger partial charge in [0, 0.05) is 27.4 Å². The zero-order chi connectivity index (χ0) is 28.5. The van der Waals surface area contributed by atoms with E-state index in [1.165, 1.54) is 167 Å². The molecule has 0 spiro atoms. The van der Waals surface area contributed by atoms with E-state index in [-0.39, 0.29) is 0 Å². The van der Waals surface area contributed by atoms with Gasteiger partial charge in [0.2, 0.25) is 0 Å². The minimum Gasteiger partial charge on any atom is -0.355 e. The van der Waals surface area contributed by atoms with E-state index in [0.717, 1.165) is 12.8 Å². The summed E-state index contributed by atoms with van der Waals surface area (Å²) in [4.78, 5) is 0. The molecular weight excluding hydrogens is 500 g/mol. The Morgan fingerprint density at radius 2 is 0.513 bits per heavy atom. The van der Waals surface area contributed by atoms with Crippen molar-refractivity contribution in [1.29, 1.82) is 0 Å². The van der Waals surface area contributed by atoms with Crippen molar-refractivity contribution >= 4 is 9.05 Å².